The summed E-state index contributed by atoms with van der Waals surface area (Å²) in [4.78, 5) is 2.00. The van der Waals surface area contributed by atoms with E-state index in [9.17, 15) is 4.57 Å². The lowest BCUT2D eigenvalue weighted by Crippen LogP contribution is -2.10. The summed E-state index contributed by atoms with van der Waals surface area (Å²) in [5.41, 5.74) is 0. The molecule has 0 aromatic rings. The molecule has 0 aliphatic rings. The molecule has 0 aromatic heterocycles. The fraction of sp³-hybridized carbons (Fsp3) is 1.00. The van der Waals surface area contributed by atoms with Gasteiger partial charge < -0.3 is 9.46 Å². The van der Waals surface area contributed by atoms with Crippen LogP contribution in [0, 0.1) is 0 Å². The number of hydrogen-bond donors (Lipinski definition) is 0. The van der Waals surface area contributed by atoms with Gasteiger partial charge in [0.05, 0.1) is 7.14 Å². The first kappa shape index (κ1) is 29.9. The number of nitrogens with zero attached hydrogens (tertiary/aromatic N) is 1. The number of rotatable bonds is 0. The molecular weight excluding hydrogens is 233 g/mol. The zero-order chi connectivity index (χ0) is 12.6. The predicted molar refractivity (Wildman–Crippen MR) is 87.7 cm³/mol. The van der Waals surface area contributed by atoms with Crippen LogP contribution in [0.25, 0.3) is 0 Å². The van der Waals surface area contributed by atoms with Gasteiger partial charge in [-0.3, -0.25) is 0 Å². The Hall–Kier alpha value is 0.407. The molecule has 0 atom stereocenters. The van der Waals surface area contributed by atoms with Crippen LogP contribution in [0.4, 0.5) is 0 Å². The Kier molecular flexibility index (Phi) is 25.2. The lowest BCUT2D eigenvalue weighted by atomic mass is 11.0. The summed E-state index contributed by atoms with van der Waals surface area (Å²) < 4.78 is 10.2. The topological polar surface area (TPSA) is 20.3 Å². The van der Waals surface area contributed by atoms with Gasteiger partial charge in [0.25, 0.3) is 0 Å². The monoisotopic (exact) mass is 271 g/mol. The second kappa shape index (κ2) is 13.5. The predicted octanol–water partition coefficient (Wildman–Crippen LogP) is 4.64. The summed E-state index contributed by atoms with van der Waals surface area (Å²) in [6.07, 6.45) is 0. The fourth-order valence-corrected chi connectivity index (χ4v) is 0. The van der Waals surface area contributed by atoms with E-state index in [1.807, 2.05) is 26.0 Å². The minimum Gasteiger partial charge on any atom is -0.324 e. The van der Waals surface area contributed by atoms with Crippen LogP contribution in [-0.4, -0.2) is 54.1 Å². The molecule has 0 spiro atoms. The largest absolute Gasteiger partial charge is 0.324 e. The van der Waals surface area contributed by atoms with E-state index in [1.54, 1.807) is 20.0 Å². The van der Waals surface area contributed by atoms with E-state index in [4.69, 9.17) is 0 Å². The molecular formula is C12H38NOPSi. The van der Waals surface area contributed by atoms with Crippen LogP contribution in [0.1, 0.15) is 14.9 Å². The Labute approximate surface area is 107 Å². The van der Waals surface area contributed by atoms with Gasteiger partial charge >= 0.3 is 0 Å². The molecule has 0 unspecified atom stereocenters. The molecule has 0 fully saturated rings. The molecule has 0 aliphatic carbocycles. The maximum atomic E-state index is 10.2. The van der Waals surface area contributed by atoms with Crippen LogP contribution in [0.2, 0.25) is 26.2 Å². The highest BCUT2D eigenvalue weighted by Crippen LogP contribution is 2.28. The van der Waals surface area contributed by atoms with Gasteiger partial charge in [-0.15, -0.1) is 0 Å². The van der Waals surface area contributed by atoms with Crippen LogP contribution >= 0.6 is 7.14 Å². The van der Waals surface area contributed by atoms with Gasteiger partial charge in [-0.05, 0) is 41.1 Å². The number of hydrogen-bond acceptors (Lipinski definition) is 2. The van der Waals surface area contributed by atoms with Gasteiger partial charge in [-0.25, -0.2) is 0 Å². The van der Waals surface area contributed by atoms with E-state index in [0.29, 0.717) is 0 Å². The molecule has 0 bridgehead atoms. The second-order valence-electron chi connectivity index (χ2n) is 6.23. The van der Waals surface area contributed by atoms with Crippen molar-refractivity contribution in [1.29, 1.82) is 0 Å². The highest BCUT2D eigenvalue weighted by Gasteiger charge is 1.99. The SMILES string of the molecule is C.C.CN(C)C.CP(C)(C)=O.C[Si](C)(C)C. The average Bonchev–Trinajstić information content (AvgIpc) is 1.45. The Bertz CT molecular complexity index is 142. The highest BCUT2D eigenvalue weighted by atomic mass is 31.2. The Morgan fingerprint density at radius 2 is 0.812 bits per heavy atom. The lowest BCUT2D eigenvalue weighted by Gasteiger charge is -2.01. The Morgan fingerprint density at radius 1 is 0.812 bits per heavy atom. The van der Waals surface area contributed by atoms with Crippen molar-refractivity contribution in [2.75, 3.05) is 41.1 Å². The van der Waals surface area contributed by atoms with Crippen molar-refractivity contribution in [3.63, 3.8) is 0 Å². The standard InChI is InChI=1S/C4H12Si.C3H9N.C3H9OP.2CH4/c1-5(2,3)4;1-4(2)3;1-5(2,3)4;;/h1-4H3;1-3H3;1-3H3;2*1H4. The van der Waals surface area contributed by atoms with Crippen LogP contribution < -0.4 is 0 Å². The molecule has 0 saturated carbocycles. The van der Waals surface area contributed by atoms with Crippen molar-refractivity contribution in [2.24, 2.45) is 0 Å². The molecule has 2 nitrogen and oxygen atoms in total. The molecule has 0 rings (SSSR count). The van der Waals surface area contributed by atoms with Gasteiger partial charge in [0.2, 0.25) is 0 Å². The highest BCUT2D eigenvalue weighted by molar-refractivity contribution is 7.61. The van der Waals surface area contributed by atoms with Gasteiger partial charge in [0.15, 0.2) is 0 Å². The second-order valence-corrected chi connectivity index (χ2v) is 16.0. The zero-order valence-electron chi connectivity index (χ0n) is 11.8. The van der Waals surface area contributed by atoms with Crippen molar-refractivity contribution in [1.82, 2.24) is 4.90 Å². The van der Waals surface area contributed by atoms with E-state index in [2.05, 4.69) is 26.2 Å². The third-order valence-corrected chi connectivity index (χ3v) is 0. The van der Waals surface area contributed by atoms with Crippen molar-refractivity contribution in [3.05, 3.63) is 0 Å². The average molecular weight is 272 g/mol. The van der Waals surface area contributed by atoms with Crippen LogP contribution in [0.5, 0.6) is 0 Å². The first-order valence-electron chi connectivity index (χ1n) is 4.87. The molecule has 16 heavy (non-hydrogen) atoms. The third-order valence-electron chi connectivity index (χ3n) is 0. The third kappa shape index (κ3) is 15600. The summed E-state index contributed by atoms with van der Waals surface area (Å²) in [7, 11) is 3.75. The molecule has 0 N–H and O–H groups in total. The lowest BCUT2D eigenvalue weighted by molar-refractivity contribution is 0.505. The van der Waals surface area contributed by atoms with Crippen LogP contribution in [0.3, 0.4) is 0 Å². The van der Waals surface area contributed by atoms with E-state index in [1.165, 1.54) is 0 Å². The van der Waals surface area contributed by atoms with Crippen molar-refractivity contribution < 1.29 is 4.57 Å². The maximum Gasteiger partial charge on any atom is 0.0790 e. The van der Waals surface area contributed by atoms with Crippen molar-refractivity contribution in [3.8, 4) is 0 Å². The molecule has 106 valence electrons. The van der Waals surface area contributed by atoms with Crippen LogP contribution in [-0.2, 0) is 4.57 Å². The molecule has 0 aliphatic heterocycles. The van der Waals surface area contributed by atoms with E-state index in [-0.39, 0.29) is 14.9 Å². The van der Waals surface area contributed by atoms with Crippen LogP contribution in [0.15, 0.2) is 0 Å². The molecule has 0 radical (unpaired) electrons. The van der Waals surface area contributed by atoms with E-state index in [0.717, 1.165) is 0 Å². The summed E-state index contributed by atoms with van der Waals surface area (Å²) in [6, 6.07) is 0. The van der Waals surface area contributed by atoms with E-state index < -0.39 is 15.2 Å². The van der Waals surface area contributed by atoms with Crippen molar-refractivity contribution >= 4 is 15.2 Å². The zero-order valence-corrected chi connectivity index (χ0v) is 13.7. The first-order valence-corrected chi connectivity index (χ1v) is 11.9. The summed E-state index contributed by atoms with van der Waals surface area (Å²) in [5.74, 6) is 0. The molecule has 0 amide bonds. The van der Waals surface area contributed by atoms with Gasteiger partial charge in [-0.1, -0.05) is 41.0 Å². The normalized spacial score (nSPS) is 9.69. The first-order chi connectivity index (χ1) is 5.73. The summed E-state index contributed by atoms with van der Waals surface area (Å²) in [6.45, 7) is 14.5. The van der Waals surface area contributed by atoms with Gasteiger partial charge in [0, 0.05) is 8.07 Å². The molecule has 0 saturated heterocycles. The summed E-state index contributed by atoms with van der Waals surface area (Å²) in [5, 5.41) is 0. The minimum absolute atomic E-state index is 0. The van der Waals surface area contributed by atoms with Gasteiger partial charge in [-0.2, -0.15) is 0 Å². The Balaban J connectivity index is -0.0000000358. The van der Waals surface area contributed by atoms with Crippen molar-refractivity contribution in [2.45, 2.75) is 41.0 Å². The van der Waals surface area contributed by atoms with E-state index >= 15 is 0 Å². The minimum atomic E-state index is -1.64. The molecule has 0 aromatic carbocycles. The molecule has 0 heterocycles. The summed E-state index contributed by atoms with van der Waals surface area (Å²) >= 11 is 0. The Morgan fingerprint density at radius 3 is 0.812 bits per heavy atom. The smallest absolute Gasteiger partial charge is 0.0790 e. The quantitative estimate of drug-likeness (QED) is 0.472. The van der Waals surface area contributed by atoms with Gasteiger partial charge in [0.1, 0.15) is 0 Å². The molecule has 4 heteroatoms. The maximum absolute atomic E-state index is 10.2. The fourth-order valence-electron chi connectivity index (χ4n) is 0.